The number of rotatable bonds is 4. The minimum atomic E-state index is 0.0596. The summed E-state index contributed by atoms with van der Waals surface area (Å²) in [6.07, 6.45) is 4.20. The van der Waals surface area contributed by atoms with E-state index in [1.54, 1.807) is 10.6 Å². The molecule has 4 heteroatoms. The van der Waals surface area contributed by atoms with E-state index in [9.17, 15) is 4.79 Å². The summed E-state index contributed by atoms with van der Waals surface area (Å²) in [4.78, 5) is 11.6. The first kappa shape index (κ1) is 14.4. The van der Waals surface area contributed by atoms with Crippen LogP contribution in [0.5, 0.6) is 0 Å². The quantitative estimate of drug-likeness (QED) is 0.908. The third-order valence-electron chi connectivity index (χ3n) is 4.17. The molecule has 1 aromatic carbocycles. The number of benzene rings is 1. The monoisotopic (exact) mass is 346 g/mol. The largest absolute Gasteiger partial charge is 0.381 e. The molecule has 1 fully saturated rings. The number of pyridine rings is 1. The lowest BCUT2D eigenvalue weighted by Crippen LogP contribution is -2.34. The first-order chi connectivity index (χ1) is 10.2. The third-order valence-corrected chi connectivity index (χ3v) is 4.70. The van der Waals surface area contributed by atoms with Gasteiger partial charge in [-0.2, -0.15) is 0 Å². The zero-order chi connectivity index (χ0) is 14.8. The van der Waals surface area contributed by atoms with Gasteiger partial charge >= 0.3 is 0 Å². The summed E-state index contributed by atoms with van der Waals surface area (Å²) >= 11 is 3.47. The number of nitrogens with one attached hydrogen (secondary N) is 1. The van der Waals surface area contributed by atoms with E-state index in [1.807, 2.05) is 19.2 Å². The van der Waals surface area contributed by atoms with Crippen LogP contribution in [0.4, 0.5) is 5.69 Å². The van der Waals surface area contributed by atoms with Crippen LogP contribution in [0.15, 0.2) is 51.9 Å². The molecule has 0 atom stereocenters. The van der Waals surface area contributed by atoms with E-state index in [0.29, 0.717) is 18.5 Å². The Labute approximate surface area is 133 Å². The second-order valence-corrected chi connectivity index (χ2v) is 6.52. The molecule has 0 aliphatic heterocycles. The van der Waals surface area contributed by atoms with Crippen LogP contribution in [0.2, 0.25) is 0 Å². The minimum absolute atomic E-state index is 0.0596. The van der Waals surface area contributed by atoms with E-state index in [4.69, 9.17) is 0 Å². The van der Waals surface area contributed by atoms with Gasteiger partial charge in [-0.05, 0) is 49.4 Å². The molecule has 3 rings (SSSR count). The fourth-order valence-corrected chi connectivity index (χ4v) is 3.11. The Balaban J connectivity index is 1.59. The molecule has 110 valence electrons. The average Bonchev–Trinajstić information content (AvgIpc) is 2.45. The van der Waals surface area contributed by atoms with Gasteiger partial charge in [0.05, 0.1) is 5.69 Å². The van der Waals surface area contributed by atoms with Gasteiger partial charge in [-0.15, -0.1) is 0 Å². The van der Waals surface area contributed by atoms with Crippen LogP contribution in [-0.4, -0.2) is 10.6 Å². The summed E-state index contributed by atoms with van der Waals surface area (Å²) in [5.74, 6) is 0.646. The number of aromatic nitrogens is 1. The number of anilines is 1. The Kier molecular flexibility index (Phi) is 4.15. The second kappa shape index (κ2) is 6.06. The van der Waals surface area contributed by atoms with Gasteiger partial charge in [0, 0.05) is 29.3 Å². The van der Waals surface area contributed by atoms with Crippen molar-refractivity contribution < 1.29 is 0 Å². The van der Waals surface area contributed by atoms with E-state index in [0.717, 1.165) is 23.0 Å². The van der Waals surface area contributed by atoms with E-state index < -0.39 is 0 Å². The fourth-order valence-electron chi connectivity index (χ4n) is 2.84. The molecule has 0 radical (unpaired) electrons. The zero-order valence-corrected chi connectivity index (χ0v) is 13.6. The van der Waals surface area contributed by atoms with Gasteiger partial charge in [0.1, 0.15) is 0 Å². The number of halogens is 1. The van der Waals surface area contributed by atoms with Crippen LogP contribution in [0.25, 0.3) is 0 Å². The molecular formula is C17H19BrN2O. The van der Waals surface area contributed by atoms with E-state index in [1.165, 1.54) is 5.56 Å². The molecular weight excluding hydrogens is 328 g/mol. The van der Waals surface area contributed by atoms with Crippen molar-refractivity contribution >= 4 is 21.6 Å². The Morgan fingerprint density at radius 1 is 1.19 bits per heavy atom. The third kappa shape index (κ3) is 3.21. The highest BCUT2D eigenvalue weighted by Crippen LogP contribution is 2.38. The molecule has 1 aliphatic rings. The molecule has 0 saturated heterocycles. The van der Waals surface area contributed by atoms with Crippen molar-refractivity contribution in [2.45, 2.75) is 38.3 Å². The van der Waals surface area contributed by atoms with Crippen LogP contribution < -0.4 is 10.9 Å². The maximum Gasteiger partial charge on any atom is 0.250 e. The molecule has 2 aromatic rings. The second-order valence-electron chi connectivity index (χ2n) is 5.60. The predicted octanol–water partition coefficient (Wildman–Crippen LogP) is 3.99. The maximum absolute atomic E-state index is 11.6. The fraction of sp³-hybridized carbons (Fsp3) is 0.353. The van der Waals surface area contributed by atoms with Crippen molar-refractivity contribution in [3.05, 3.63) is 63.0 Å². The van der Waals surface area contributed by atoms with Crippen LogP contribution >= 0.6 is 15.9 Å². The smallest absolute Gasteiger partial charge is 0.250 e. The molecule has 0 bridgehead atoms. The van der Waals surface area contributed by atoms with Crippen LogP contribution in [-0.2, 0) is 6.54 Å². The molecule has 0 unspecified atom stereocenters. The van der Waals surface area contributed by atoms with E-state index in [-0.39, 0.29) is 5.56 Å². The van der Waals surface area contributed by atoms with Crippen molar-refractivity contribution in [1.82, 2.24) is 4.57 Å². The predicted molar refractivity (Wildman–Crippen MR) is 89.9 cm³/mol. The summed E-state index contributed by atoms with van der Waals surface area (Å²) in [6, 6.07) is 12.6. The van der Waals surface area contributed by atoms with Gasteiger partial charge in [-0.25, -0.2) is 0 Å². The minimum Gasteiger partial charge on any atom is -0.381 e. The maximum atomic E-state index is 11.6. The molecule has 21 heavy (non-hydrogen) atoms. The lowest BCUT2D eigenvalue weighted by molar-refractivity contribution is 0.374. The summed E-state index contributed by atoms with van der Waals surface area (Å²) in [6.45, 7) is 2.69. The van der Waals surface area contributed by atoms with Crippen molar-refractivity contribution in [2.75, 3.05) is 5.32 Å². The number of hydrogen-bond acceptors (Lipinski definition) is 2. The van der Waals surface area contributed by atoms with Crippen LogP contribution in [0.1, 0.15) is 31.2 Å². The van der Waals surface area contributed by atoms with E-state index in [2.05, 4.69) is 45.5 Å². The van der Waals surface area contributed by atoms with Gasteiger partial charge in [0.2, 0.25) is 0 Å². The van der Waals surface area contributed by atoms with Gasteiger partial charge in [-0.1, -0.05) is 28.1 Å². The molecule has 1 aromatic heterocycles. The van der Waals surface area contributed by atoms with Crippen molar-refractivity contribution in [3.63, 3.8) is 0 Å². The Morgan fingerprint density at radius 2 is 1.90 bits per heavy atom. The molecule has 1 aliphatic carbocycles. The number of nitrogens with zero attached hydrogens (tertiary/aromatic N) is 1. The van der Waals surface area contributed by atoms with Crippen LogP contribution in [0, 0.1) is 0 Å². The van der Waals surface area contributed by atoms with Crippen molar-refractivity contribution in [3.8, 4) is 0 Å². The van der Waals surface area contributed by atoms with Crippen molar-refractivity contribution in [1.29, 1.82) is 0 Å². The number of aryl methyl sites for hydroxylation is 1. The summed E-state index contributed by atoms with van der Waals surface area (Å²) in [7, 11) is 0. The summed E-state index contributed by atoms with van der Waals surface area (Å²) < 4.78 is 2.86. The average molecular weight is 347 g/mol. The summed E-state index contributed by atoms with van der Waals surface area (Å²) in [5.41, 5.74) is 2.51. The van der Waals surface area contributed by atoms with Gasteiger partial charge in [0.15, 0.2) is 0 Å². The molecule has 0 amide bonds. The highest BCUT2D eigenvalue weighted by molar-refractivity contribution is 9.10. The SMILES string of the molecule is CCn1cc(NC2CC(c3ccc(Br)cc3)C2)ccc1=O. The topological polar surface area (TPSA) is 34.0 Å². The highest BCUT2D eigenvalue weighted by atomic mass is 79.9. The standard InChI is InChI=1S/C17H19BrN2O/c1-2-20-11-15(7-8-17(20)21)19-16-9-13(10-16)12-3-5-14(18)6-4-12/h3-8,11,13,16,19H,2,9-10H2,1H3. The Bertz CT molecular complexity index is 672. The highest BCUT2D eigenvalue weighted by Gasteiger charge is 2.30. The number of hydrogen-bond donors (Lipinski definition) is 1. The Morgan fingerprint density at radius 3 is 2.57 bits per heavy atom. The molecule has 1 saturated carbocycles. The van der Waals surface area contributed by atoms with Crippen LogP contribution in [0.3, 0.4) is 0 Å². The first-order valence-electron chi connectivity index (χ1n) is 7.38. The first-order valence-corrected chi connectivity index (χ1v) is 8.17. The van der Waals surface area contributed by atoms with E-state index >= 15 is 0 Å². The Hall–Kier alpha value is -1.55. The molecule has 1 N–H and O–H groups in total. The van der Waals surface area contributed by atoms with Gasteiger partial charge < -0.3 is 9.88 Å². The lowest BCUT2D eigenvalue weighted by atomic mass is 9.76. The van der Waals surface area contributed by atoms with Gasteiger partial charge in [0.25, 0.3) is 5.56 Å². The van der Waals surface area contributed by atoms with Crippen molar-refractivity contribution in [2.24, 2.45) is 0 Å². The van der Waals surface area contributed by atoms with Gasteiger partial charge in [-0.3, -0.25) is 4.79 Å². The normalized spacial score (nSPS) is 20.9. The lowest BCUT2D eigenvalue weighted by Gasteiger charge is -2.37. The summed E-state index contributed by atoms with van der Waals surface area (Å²) in [5, 5.41) is 3.52. The molecule has 0 spiro atoms. The zero-order valence-electron chi connectivity index (χ0n) is 12.1. The molecule has 3 nitrogen and oxygen atoms in total. The molecule has 1 heterocycles.